The van der Waals surface area contributed by atoms with Crippen LogP contribution in [-0.2, 0) is 26.2 Å². The highest BCUT2D eigenvalue weighted by Crippen LogP contribution is 2.73. The molecule has 21 heavy (non-hydrogen) atoms. The molecule has 3 nitrogen and oxygen atoms in total. The summed E-state index contributed by atoms with van der Waals surface area (Å²) >= 11 is 0. The zero-order valence-electron chi connectivity index (χ0n) is 11.7. The van der Waals surface area contributed by atoms with Gasteiger partial charge in [0.2, 0.25) is 0 Å². The van der Waals surface area contributed by atoms with Crippen LogP contribution in [0, 0.1) is 0 Å². The van der Waals surface area contributed by atoms with Crippen molar-refractivity contribution in [2.24, 2.45) is 0 Å². The maximum Gasteiger partial charge on any atom is 0.174 e. The molecule has 2 saturated heterocycles. The molecule has 0 N–H and O–H groups in total. The van der Waals surface area contributed by atoms with Crippen molar-refractivity contribution in [3.8, 4) is 0 Å². The Bertz CT molecular complexity index is 787. The van der Waals surface area contributed by atoms with Gasteiger partial charge in [-0.1, -0.05) is 36.4 Å². The lowest BCUT2D eigenvalue weighted by Crippen LogP contribution is -2.31. The van der Waals surface area contributed by atoms with Crippen molar-refractivity contribution in [2.75, 3.05) is 13.2 Å². The summed E-state index contributed by atoms with van der Waals surface area (Å²) < 4.78 is 18.3. The van der Waals surface area contributed by atoms with Gasteiger partial charge in [0.15, 0.2) is 5.79 Å². The fourth-order valence-electron chi connectivity index (χ4n) is 5.11. The number of benzene rings is 2. The quantitative estimate of drug-likeness (QED) is 0.695. The molecule has 106 valence electrons. The first-order valence-electron chi connectivity index (χ1n) is 7.75. The highest BCUT2D eigenvalue weighted by Gasteiger charge is 2.81. The lowest BCUT2D eigenvalue weighted by Gasteiger charge is -2.25. The minimum Gasteiger partial charge on any atom is -0.357 e. The second-order valence-electron chi connectivity index (χ2n) is 6.88. The first kappa shape index (κ1) is 11.2. The highest BCUT2D eigenvalue weighted by molar-refractivity contribution is 5.92. The van der Waals surface area contributed by atoms with Crippen molar-refractivity contribution in [3.05, 3.63) is 47.5 Å². The van der Waals surface area contributed by atoms with Crippen LogP contribution in [-0.4, -0.2) is 24.6 Å². The van der Waals surface area contributed by atoms with E-state index in [-0.39, 0.29) is 11.2 Å². The molecule has 4 aliphatic rings. The van der Waals surface area contributed by atoms with Crippen LogP contribution >= 0.6 is 0 Å². The molecule has 6 rings (SSSR count). The Hall–Kier alpha value is -1.42. The van der Waals surface area contributed by atoms with E-state index in [4.69, 9.17) is 14.2 Å². The summed E-state index contributed by atoms with van der Waals surface area (Å²) in [5, 5.41) is 2.71. The minimum absolute atomic E-state index is 0.0972. The van der Waals surface area contributed by atoms with Crippen LogP contribution in [0.25, 0.3) is 10.8 Å². The monoisotopic (exact) mass is 280 g/mol. The van der Waals surface area contributed by atoms with Gasteiger partial charge >= 0.3 is 0 Å². The molecule has 3 heteroatoms. The summed E-state index contributed by atoms with van der Waals surface area (Å²) in [6.45, 7) is 1.42. The maximum absolute atomic E-state index is 6.39. The minimum atomic E-state index is -0.400. The zero-order valence-corrected chi connectivity index (χ0v) is 11.7. The molecule has 2 aromatic rings. The molecule has 1 spiro atoms. The molecule has 2 aliphatic heterocycles. The third-order valence-corrected chi connectivity index (χ3v) is 5.85. The number of epoxide rings is 1. The highest BCUT2D eigenvalue weighted by atomic mass is 16.8. The van der Waals surface area contributed by atoms with Crippen LogP contribution in [0.3, 0.4) is 0 Å². The zero-order chi connectivity index (χ0) is 13.7. The molecule has 2 atom stereocenters. The van der Waals surface area contributed by atoms with E-state index in [0.29, 0.717) is 13.2 Å². The Balaban J connectivity index is 1.62. The SMILES string of the molecule is c1cc2c3c(cccc3c1)C13CC4(CC1(C2)O3)OCCO4. The van der Waals surface area contributed by atoms with Crippen LogP contribution < -0.4 is 0 Å². The van der Waals surface area contributed by atoms with Crippen molar-refractivity contribution in [3.63, 3.8) is 0 Å². The number of hydrogen-bond donors (Lipinski definition) is 0. The lowest BCUT2D eigenvalue weighted by atomic mass is 9.76. The van der Waals surface area contributed by atoms with E-state index in [0.717, 1.165) is 19.3 Å². The molecule has 0 aromatic heterocycles. The Morgan fingerprint density at radius 2 is 1.71 bits per heavy atom. The first-order chi connectivity index (χ1) is 10.3. The molecule has 3 fully saturated rings. The molecule has 0 amide bonds. The van der Waals surface area contributed by atoms with Crippen molar-refractivity contribution < 1.29 is 14.2 Å². The van der Waals surface area contributed by atoms with E-state index in [9.17, 15) is 0 Å². The van der Waals surface area contributed by atoms with Gasteiger partial charge in [0.1, 0.15) is 11.2 Å². The summed E-state index contributed by atoms with van der Waals surface area (Å²) in [5.74, 6) is -0.400. The van der Waals surface area contributed by atoms with Crippen molar-refractivity contribution >= 4 is 10.8 Å². The van der Waals surface area contributed by atoms with Gasteiger partial charge in [0.25, 0.3) is 0 Å². The van der Waals surface area contributed by atoms with Crippen molar-refractivity contribution in [2.45, 2.75) is 36.3 Å². The lowest BCUT2D eigenvalue weighted by molar-refractivity contribution is -0.177. The molecule has 0 radical (unpaired) electrons. The van der Waals surface area contributed by atoms with E-state index >= 15 is 0 Å². The van der Waals surface area contributed by atoms with Gasteiger partial charge in [-0.2, -0.15) is 0 Å². The topological polar surface area (TPSA) is 31.0 Å². The van der Waals surface area contributed by atoms with Crippen LogP contribution in [0.2, 0.25) is 0 Å². The maximum atomic E-state index is 6.39. The fraction of sp³-hybridized carbons (Fsp3) is 0.444. The van der Waals surface area contributed by atoms with Crippen molar-refractivity contribution in [1.82, 2.24) is 0 Å². The molecule has 2 unspecified atom stereocenters. The molecule has 0 bridgehead atoms. The largest absolute Gasteiger partial charge is 0.357 e. The number of hydrogen-bond acceptors (Lipinski definition) is 3. The second-order valence-corrected chi connectivity index (χ2v) is 6.88. The van der Waals surface area contributed by atoms with Gasteiger partial charge in [0.05, 0.1) is 13.2 Å². The third kappa shape index (κ3) is 1.12. The molecule has 1 saturated carbocycles. The first-order valence-corrected chi connectivity index (χ1v) is 7.75. The van der Waals surface area contributed by atoms with Gasteiger partial charge in [-0.15, -0.1) is 0 Å². The van der Waals surface area contributed by atoms with Crippen molar-refractivity contribution in [1.29, 1.82) is 0 Å². The van der Waals surface area contributed by atoms with Crippen LogP contribution in [0.15, 0.2) is 36.4 Å². The Morgan fingerprint density at radius 3 is 2.57 bits per heavy atom. The number of rotatable bonds is 0. The van der Waals surface area contributed by atoms with E-state index in [1.807, 2.05) is 0 Å². The Morgan fingerprint density at radius 1 is 0.905 bits per heavy atom. The summed E-state index contributed by atoms with van der Waals surface area (Å²) in [5.41, 5.74) is 2.48. The normalized spacial score (nSPS) is 37.7. The van der Waals surface area contributed by atoms with Gasteiger partial charge in [0, 0.05) is 19.3 Å². The summed E-state index contributed by atoms with van der Waals surface area (Å²) in [6.07, 6.45) is 2.69. The second kappa shape index (κ2) is 3.17. The summed E-state index contributed by atoms with van der Waals surface area (Å²) in [4.78, 5) is 0. The standard InChI is InChI=1S/C18H16O3/c1-3-12-4-2-6-14-15(12)13(5-1)9-16-10-17(19-7-8-20-17)11-18(14,16)21-16/h1-6H,7-11H2. The van der Waals surface area contributed by atoms with E-state index < -0.39 is 5.79 Å². The smallest absolute Gasteiger partial charge is 0.174 e. The van der Waals surface area contributed by atoms with E-state index in [1.165, 1.54) is 21.9 Å². The Kier molecular flexibility index (Phi) is 1.69. The van der Waals surface area contributed by atoms with Crippen LogP contribution in [0.1, 0.15) is 24.0 Å². The number of ether oxygens (including phenoxy) is 3. The predicted molar refractivity (Wildman–Crippen MR) is 77.0 cm³/mol. The van der Waals surface area contributed by atoms with Crippen LogP contribution in [0.5, 0.6) is 0 Å². The molecular weight excluding hydrogens is 264 g/mol. The third-order valence-electron chi connectivity index (χ3n) is 5.85. The molecule has 2 aliphatic carbocycles. The van der Waals surface area contributed by atoms with E-state index in [1.54, 1.807) is 0 Å². The predicted octanol–water partition coefficient (Wildman–Crippen LogP) is 2.90. The van der Waals surface area contributed by atoms with E-state index in [2.05, 4.69) is 36.4 Å². The average molecular weight is 280 g/mol. The molecule has 2 heterocycles. The summed E-state index contributed by atoms with van der Waals surface area (Å²) in [6, 6.07) is 13.2. The average Bonchev–Trinajstić information content (AvgIpc) is 2.79. The summed E-state index contributed by atoms with van der Waals surface area (Å²) in [7, 11) is 0. The molecule has 2 aromatic carbocycles. The fourth-order valence-corrected chi connectivity index (χ4v) is 5.11. The Labute approximate surface area is 122 Å². The van der Waals surface area contributed by atoms with Crippen LogP contribution in [0.4, 0.5) is 0 Å². The van der Waals surface area contributed by atoms with Gasteiger partial charge in [-0.05, 0) is 21.9 Å². The van der Waals surface area contributed by atoms with Gasteiger partial charge in [-0.3, -0.25) is 0 Å². The van der Waals surface area contributed by atoms with Gasteiger partial charge in [-0.25, -0.2) is 0 Å². The van der Waals surface area contributed by atoms with Gasteiger partial charge < -0.3 is 14.2 Å². The molecular formula is C18H16O3.